The Hall–Kier alpha value is -0.490. The molecule has 1 N–H and O–H groups in total. The summed E-state index contributed by atoms with van der Waals surface area (Å²) < 4.78 is 11.1. The van der Waals surface area contributed by atoms with Crippen LogP contribution in [0.5, 0.6) is 0 Å². The molecule has 0 aromatic carbocycles. The van der Waals surface area contributed by atoms with Gasteiger partial charge in [0.15, 0.2) is 0 Å². The van der Waals surface area contributed by atoms with Crippen molar-refractivity contribution in [2.24, 2.45) is 0 Å². The summed E-state index contributed by atoms with van der Waals surface area (Å²) in [5, 5.41) is 6.25. The highest BCUT2D eigenvalue weighted by molar-refractivity contribution is 7.09. The van der Waals surface area contributed by atoms with E-state index in [9.17, 15) is 0 Å². The quantitative estimate of drug-likeness (QED) is 0.822. The van der Waals surface area contributed by atoms with Gasteiger partial charge in [0.2, 0.25) is 0 Å². The molecule has 1 saturated heterocycles. The van der Waals surface area contributed by atoms with Gasteiger partial charge in [0, 0.05) is 18.5 Å². The molecule has 16 heavy (non-hydrogen) atoms. The third kappa shape index (κ3) is 3.52. The van der Waals surface area contributed by atoms with Crippen molar-refractivity contribution in [2.45, 2.75) is 32.1 Å². The summed E-state index contributed by atoms with van der Waals surface area (Å²) in [6, 6.07) is 0. The number of hydrogen-bond acceptors (Lipinski definition) is 5. The van der Waals surface area contributed by atoms with Crippen molar-refractivity contribution < 1.29 is 9.47 Å². The molecule has 0 saturated carbocycles. The topological polar surface area (TPSA) is 43.4 Å². The summed E-state index contributed by atoms with van der Waals surface area (Å²) in [7, 11) is 1.93. The molecule has 1 aliphatic rings. The van der Waals surface area contributed by atoms with Crippen molar-refractivity contribution in [1.29, 1.82) is 0 Å². The minimum atomic E-state index is 0.301. The van der Waals surface area contributed by atoms with Crippen LogP contribution >= 0.6 is 11.3 Å². The second kappa shape index (κ2) is 6.30. The van der Waals surface area contributed by atoms with Crippen molar-refractivity contribution in [3.63, 3.8) is 0 Å². The zero-order valence-electron chi connectivity index (χ0n) is 9.57. The predicted molar refractivity (Wildman–Crippen MR) is 63.5 cm³/mol. The van der Waals surface area contributed by atoms with Gasteiger partial charge in [-0.3, -0.25) is 0 Å². The van der Waals surface area contributed by atoms with E-state index in [0.29, 0.717) is 19.3 Å². The molecular formula is C11H18N2O2S. The first-order valence-electron chi connectivity index (χ1n) is 5.65. The van der Waals surface area contributed by atoms with Gasteiger partial charge in [-0.15, -0.1) is 11.3 Å². The maximum atomic E-state index is 5.59. The second-order valence-electron chi connectivity index (χ2n) is 3.91. The highest BCUT2D eigenvalue weighted by atomic mass is 32.1. The molecule has 1 atom stereocenters. The first-order valence-corrected chi connectivity index (χ1v) is 6.53. The third-order valence-corrected chi connectivity index (χ3v) is 3.40. The number of hydrogen-bond donors (Lipinski definition) is 1. The van der Waals surface area contributed by atoms with Crippen LogP contribution in [0.15, 0.2) is 5.38 Å². The Morgan fingerprint density at radius 3 is 3.38 bits per heavy atom. The van der Waals surface area contributed by atoms with Crippen LogP contribution in [0.25, 0.3) is 0 Å². The third-order valence-electron chi connectivity index (χ3n) is 2.50. The van der Waals surface area contributed by atoms with Crippen LogP contribution in [-0.2, 0) is 22.6 Å². The first-order chi connectivity index (χ1) is 7.88. The molecule has 4 nitrogen and oxygen atoms in total. The predicted octanol–water partition coefficient (Wildman–Crippen LogP) is 1.56. The molecule has 1 fully saturated rings. The van der Waals surface area contributed by atoms with Gasteiger partial charge in [-0.2, -0.15) is 0 Å². The fraction of sp³-hybridized carbons (Fsp3) is 0.727. The summed E-state index contributed by atoms with van der Waals surface area (Å²) in [4.78, 5) is 4.45. The average molecular weight is 242 g/mol. The molecule has 1 aliphatic heterocycles. The molecule has 2 heterocycles. The second-order valence-corrected chi connectivity index (χ2v) is 4.86. The standard InChI is InChI=1S/C11H18N2O2S/c1-12-5-11-13-9(8-16-11)6-14-7-10-3-2-4-15-10/h8,10,12H,2-7H2,1H3. The van der Waals surface area contributed by atoms with Gasteiger partial charge in [-0.1, -0.05) is 0 Å². The van der Waals surface area contributed by atoms with E-state index in [1.807, 2.05) is 7.05 Å². The molecule has 0 spiro atoms. The minimum absolute atomic E-state index is 0.301. The van der Waals surface area contributed by atoms with Crippen molar-refractivity contribution in [3.8, 4) is 0 Å². The lowest BCUT2D eigenvalue weighted by Crippen LogP contribution is -2.14. The average Bonchev–Trinajstić information content (AvgIpc) is 2.90. The van der Waals surface area contributed by atoms with E-state index >= 15 is 0 Å². The normalized spacial score (nSPS) is 20.4. The number of ether oxygens (including phenoxy) is 2. The van der Waals surface area contributed by atoms with Crippen LogP contribution in [-0.4, -0.2) is 31.3 Å². The van der Waals surface area contributed by atoms with Crippen LogP contribution in [0.3, 0.4) is 0 Å². The summed E-state index contributed by atoms with van der Waals surface area (Å²) in [6.07, 6.45) is 2.59. The van der Waals surface area contributed by atoms with Gasteiger partial charge in [0.05, 0.1) is 25.0 Å². The summed E-state index contributed by atoms with van der Waals surface area (Å²) in [5.41, 5.74) is 1.02. The van der Waals surface area contributed by atoms with E-state index < -0.39 is 0 Å². The Bertz CT molecular complexity index is 311. The lowest BCUT2D eigenvalue weighted by atomic mass is 10.2. The van der Waals surface area contributed by atoms with E-state index in [-0.39, 0.29) is 0 Å². The largest absolute Gasteiger partial charge is 0.376 e. The van der Waals surface area contributed by atoms with Gasteiger partial charge in [0.1, 0.15) is 5.01 Å². The molecular weight excluding hydrogens is 224 g/mol. The lowest BCUT2D eigenvalue weighted by molar-refractivity contribution is 0.00975. The Morgan fingerprint density at radius 2 is 2.62 bits per heavy atom. The van der Waals surface area contributed by atoms with E-state index in [4.69, 9.17) is 9.47 Å². The van der Waals surface area contributed by atoms with E-state index in [1.54, 1.807) is 11.3 Å². The van der Waals surface area contributed by atoms with Crippen molar-refractivity contribution in [1.82, 2.24) is 10.3 Å². The molecule has 5 heteroatoms. The number of thiazole rings is 1. The SMILES string of the molecule is CNCc1nc(COCC2CCCO2)cs1. The van der Waals surface area contributed by atoms with Crippen LogP contribution in [0.1, 0.15) is 23.5 Å². The molecule has 0 radical (unpaired) electrons. The van der Waals surface area contributed by atoms with Crippen LogP contribution in [0.4, 0.5) is 0 Å². The number of nitrogens with one attached hydrogen (secondary N) is 1. The zero-order valence-corrected chi connectivity index (χ0v) is 10.4. The Morgan fingerprint density at radius 1 is 1.69 bits per heavy atom. The number of rotatable bonds is 6. The fourth-order valence-electron chi connectivity index (χ4n) is 1.72. The monoisotopic (exact) mass is 242 g/mol. The fourth-order valence-corrected chi connectivity index (χ4v) is 2.51. The molecule has 1 aromatic heterocycles. The van der Waals surface area contributed by atoms with Crippen LogP contribution in [0.2, 0.25) is 0 Å². The van der Waals surface area contributed by atoms with Gasteiger partial charge in [-0.25, -0.2) is 4.98 Å². The molecule has 1 unspecified atom stereocenters. The number of aromatic nitrogens is 1. The molecule has 0 bridgehead atoms. The van der Waals surface area contributed by atoms with Crippen LogP contribution < -0.4 is 5.32 Å². The Balaban J connectivity index is 1.67. The Labute approximate surface area is 100.0 Å². The maximum absolute atomic E-state index is 5.59. The smallest absolute Gasteiger partial charge is 0.107 e. The van der Waals surface area contributed by atoms with E-state index in [1.165, 1.54) is 0 Å². The van der Waals surface area contributed by atoms with E-state index in [2.05, 4.69) is 15.7 Å². The molecule has 90 valence electrons. The summed E-state index contributed by atoms with van der Waals surface area (Å²) in [6.45, 7) is 3.01. The summed E-state index contributed by atoms with van der Waals surface area (Å²) >= 11 is 1.67. The maximum Gasteiger partial charge on any atom is 0.107 e. The molecule has 0 amide bonds. The van der Waals surface area contributed by atoms with E-state index in [0.717, 1.165) is 36.7 Å². The minimum Gasteiger partial charge on any atom is -0.376 e. The molecule has 2 rings (SSSR count). The van der Waals surface area contributed by atoms with Crippen molar-refractivity contribution >= 4 is 11.3 Å². The van der Waals surface area contributed by atoms with Crippen LogP contribution in [0, 0.1) is 0 Å². The highest BCUT2D eigenvalue weighted by Gasteiger charge is 2.15. The van der Waals surface area contributed by atoms with Crippen molar-refractivity contribution in [2.75, 3.05) is 20.3 Å². The lowest BCUT2D eigenvalue weighted by Gasteiger charge is -2.08. The first kappa shape index (κ1) is 12.0. The van der Waals surface area contributed by atoms with Crippen molar-refractivity contribution in [3.05, 3.63) is 16.1 Å². The summed E-state index contributed by atoms with van der Waals surface area (Å²) in [5.74, 6) is 0. The number of nitrogens with zero attached hydrogens (tertiary/aromatic N) is 1. The van der Waals surface area contributed by atoms with Gasteiger partial charge in [0.25, 0.3) is 0 Å². The van der Waals surface area contributed by atoms with Gasteiger partial charge < -0.3 is 14.8 Å². The molecule has 1 aromatic rings. The van der Waals surface area contributed by atoms with Gasteiger partial charge in [-0.05, 0) is 19.9 Å². The molecule has 0 aliphatic carbocycles. The highest BCUT2D eigenvalue weighted by Crippen LogP contribution is 2.14. The van der Waals surface area contributed by atoms with Gasteiger partial charge >= 0.3 is 0 Å². The zero-order chi connectivity index (χ0) is 11.2. The Kier molecular flexibility index (Phi) is 4.71.